The molecule has 0 aliphatic heterocycles. The number of nitrogens with zero attached hydrogens (tertiary/aromatic N) is 2. The predicted octanol–water partition coefficient (Wildman–Crippen LogP) is 4.17. The van der Waals surface area contributed by atoms with Gasteiger partial charge in [0.1, 0.15) is 17.5 Å². The smallest absolute Gasteiger partial charge is 0.267 e. The maximum atomic E-state index is 13.0. The number of amides is 1. The van der Waals surface area contributed by atoms with Crippen molar-refractivity contribution in [2.75, 3.05) is 19.5 Å². The third-order valence-corrected chi connectivity index (χ3v) is 4.91. The summed E-state index contributed by atoms with van der Waals surface area (Å²) in [4.78, 5) is 25.5. The maximum absolute atomic E-state index is 13.0. The van der Waals surface area contributed by atoms with Crippen LogP contribution >= 0.6 is 11.6 Å². The molecule has 1 aromatic heterocycles. The molecule has 1 N–H and O–H groups in total. The fraction of sp³-hybridized carbons (Fsp3) is 0.227. The molecule has 0 spiro atoms. The molecule has 0 aliphatic carbocycles. The molecule has 1 atom stereocenters. The van der Waals surface area contributed by atoms with Gasteiger partial charge in [-0.25, -0.2) is 4.68 Å². The lowest BCUT2D eigenvalue weighted by Crippen LogP contribution is -2.34. The Morgan fingerprint density at radius 2 is 1.80 bits per heavy atom. The predicted molar refractivity (Wildman–Crippen MR) is 116 cm³/mol. The van der Waals surface area contributed by atoms with Gasteiger partial charge in [0, 0.05) is 17.7 Å². The van der Waals surface area contributed by atoms with Gasteiger partial charge in [-0.15, -0.1) is 0 Å². The minimum atomic E-state index is -0.813. The van der Waals surface area contributed by atoms with E-state index in [1.807, 2.05) is 37.3 Å². The van der Waals surface area contributed by atoms with E-state index in [1.165, 1.54) is 25.0 Å². The van der Waals surface area contributed by atoms with Crippen LogP contribution in [0.1, 0.15) is 19.4 Å². The van der Waals surface area contributed by atoms with Gasteiger partial charge in [-0.3, -0.25) is 9.59 Å². The fourth-order valence-electron chi connectivity index (χ4n) is 3.05. The molecule has 0 saturated heterocycles. The summed E-state index contributed by atoms with van der Waals surface area (Å²) in [7, 11) is 2.97. The normalized spacial score (nSPS) is 11.6. The van der Waals surface area contributed by atoms with Crippen molar-refractivity contribution in [2.45, 2.75) is 19.4 Å². The third kappa shape index (κ3) is 4.46. The third-order valence-electron chi connectivity index (χ3n) is 4.61. The second-order valence-corrected chi connectivity index (χ2v) is 6.87. The standard InChI is InChI=1S/C22H22ClN3O4/c1-4-18(22(28)24-17-12-15(23)19(29-2)13-20(17)30-3)26-21(27)11-10-16(25-26)14-8-6-5-7-9-14/h5-13,18H,4H2,1-3H3,(H,24,28)/t18-/m0/s1. The Bertz CT molecular complexity index is 1100. The van der Waals surface area contributed by atoms with E-state index >= 15 is 0 Å². The van der Waals surface area contributed by atoms with E-state index < -0.39 is 11.9 Å². The van der Waals surface area contributed by atoms with Gasteiger partial charge in [0.2, 0.25) is 5.91 Å². The molecule has 3 rings (SSSR count). The van der Waals surface area contributed by atoms with Gasteiger partial charge in [0.15, 0.2) is 0 Å². The molecular formula is C22H22ClN3O4. The van der Waals surface area contributed by atoms with Gasteiger partial charge in [-0.2, -0.15) is 5.10 Å². The Kier molecular flexibility index (Phi) is 6.74. The number of nitrogens with one attached hydrogen (secondary N) is 1. The molecule has 0 radical (unpaired) electrons. The molecule has 0 aliphatic rings. The molecule has 30 heavy (non-hydrogen) atoms. The van der Waals surface area contributed by atoms with Crippen LogP contribution in [-0.4, -0.2) is 29.9 Å². The largest absolute Gasteiger partial charge is 0.495 e. The van der Waals surface area contributed by atoms with Crippen LogP contribution in [0.5, 0.6) is 11.5 Å². The highest BCUT2D eigenvalue weighted by Gasteiger charge is 2.23. The molecule has 2 aromatic carbocycles. The van der Waals surface area contributed by atoms with Crippen molar-refractivity contribution in [3.63, 3.8) is 0 Å². The number of carbonyl (C=O) groups excluding carboxylic acids is 1. The first-order valence-electron chi connectivity index (χ1n) is 9.36. The van der Waals surface area contributed by atoms with Crippen molar-refractivity contribution in [3.8, 4) is 22.8 Å². The number of carbonyl (C=O) groups is 1. The van der Waals surface area contributed by atoms with Crippen molar-refractivity contribution in [2.24, 2.45) is 0 Å². The fourth-order valence-corrected chi connectivity index (χ4v) is 3.30. The van der Waals surface area contributed by atoms with Gasteiger partial charge in [-0.05, 0) is 18.6 Å². The number of halogens is 1. The molecule has 156 valence electrons. The molecule has 1 heterocycles. The Balaban J connectivity index is 1.94. The summed E-state index contributed by atoms with van der Waals surface area (Å²) < 4.78 is 11.7. The Hall–Kier alpha value is -3.32. The summed E-state index contributed by atoms with van der Waals surface area (Å²) in [6, 6.07) is 14.8. The van der Waals surface area contributed by atoms with E-state index in [9.17, 15) is 9.59 Å². The van der Waals surface area contributed by atoms with Gasteiger partial charge >= 0.3 is 0 Å². The van der Waals surface area contributed by atoms with E-state index in [0.717, 1.165) is 5.56 Å². The first kappa shape index (κ1) is 21.4. The van der Waals surface area contributed by atoms with E-state index in [4.69, 9.17) is 21.1 Å². The number of benzene rings is 2. The van der Waals surface area contributed by atoms with E-state index in [2.05, 4.69) is 10.4 Å². The Morgan fingerprint density at radius 1 is 1.10 bits per heavy atom. The molecule has 7 nitrogen and oxygen atoms in total. The van der Waals surface area contributed by atoms with Crippen LogP contribution in [0.4, 0.5) is 5.69 Å². The van der Waals surface area contributed by atoms with Crippen molar-refractivity contribution in [3.05, 3.63) is 70.0 Å². The van der Waals surface area contributed by atoms with Crippen molar-refractivity contribution in [1.82, 2.24) is 9.78 Å². The summed E-state index contributed by atoms with van der Waals surface area (Å²) in [6.07, 6.45) is 0.364. The van der Waals surface area contributed by atoms with Gasteiger partial charge in [-0.1, -0.05) is 48.9 Å². The number of rotatable bonds is 7. The molecule has 0 fully saturated rings. The summed E-state index contributed by atoms with van der Waals surface area (Å²) in [5.74, 6) is 0.404. The lowest BCUT2D eigenvalue weighted by atomic mass is 10.1. The zero-order valence-electron chi connectivity index (χ0n) is 16.9. The molecule has 1 amide bonds. The van der Waals surface area contributed by atoms with Crippen LogP contribution in [0.15, 0.2) is 59.4 Å². The average molecular weight is 428 g/mol. The van der Waals surface area contributed by atoms with Crippen molar-refractivity contribution in [1.29, 1.82) is 0 Å². The number of ether oxygens (including phenoxy) is 2. The molecular weight excluding hydrogens is 406 g/mol. The maximum Gasteiger partial charge on any atom is 0.267 e. The molecule has 0 unspecified atom stereocenters. The van der Waals surface area contributed by atoms with Crippen LogP contribution < -0.4 is 20.3 Å². The topological polar surface area (TPSA) is 82.4 Å². The van der Waals surface area contributed by atoms with E-state index in [1.54, 1.807) is 18.2 Å². The second kappa shape index (κ2) is 9.45. The summed E-state index contributed by atoms with van der Waals surface area (Å²) in [5, 5.41) is 7.54. The lowest BCUT2D eigenvalue weighted by Gasteiger charge is -2.19. The van der Waals surface area contributed by atoms with Crippen LogP contribution in [-0.2, 0) is 4.79 Å². The zero-order valence-corrected chi connectivity index (χ0v) is 17.6. The highest BCUT2D eigenvalue weighted by Crippen LogP contribution is 2.36. The molecule has 0 bridgehead atoms. The van der Waals surface area contributed by atoms with Crippen molar-refractivity contribution < 1.29 is 14.3 Å². The summed E-state index contributed by atoms with van der Waals surface area (Å²) in [6.45, 7) is 1.81. The Morgan fingerprint density at radius 3 is 2.43 bits per heavy atom. The average Bonchev–Trinajstić information content (AvgIpc) is 2.76. The van der Waals surface area contributed by atoms with Gasteiger partial charge in [0.25, 0.3) is 5.56 Å². The van der Waals surface area contributed by atoms with Crippen LogP contribution in [0.25, 0.3) is 11.3 Å². The minimum Gasteiger partial charge on any atom is -0.495 e. The first-order valence-corrected chi connectivity index (χ1v) is 9.74. The Labute approximate surface area is 179 Å². The van der Waals surface area contributed by atoms with Gasteiger partial charge in [0.05, 0.1) is 30.6 Å². The van der Waals surface area contributed by atoms with E-state index in [0.29, 0.717) is 34.3 Å². The summed E-state index contributed by atoms with van der Waals surface area (Å²) in [5.41, 5.74) is 1.46. The minimum absolute atomic E-state index is 0.322. The summed E-state index contributed by atoms with van der Waals surface area (Å²) >= 11 is 6.19. The van der Waals surface area contributed by atoms with Crippen LogP contribution in [0.2, 0.25) is 5.02 Å². The number of aromatic nitrogens is 2. The number of hydrogen-bond acceptors (Lipinski definition) is 5. The first-order chi connectivity index (χ1) is 14.5. The van der Waals surface area contributed by atoms with Crippen LogP contribution in [0.3, 0.4) is 0 Å². The monoisotopic (exact) mass is 427 g/mol. The molecule has 0 saturated carbocycles. The highest BCUT2D eigenvalue weighted by molar-refractivity contribution is 6.32. The number of hydrogen-bond donors (Lipinski definition) is 1. The lowest BCUT2D eigenvalue weighted by molar-refractivity contribution is -0.119. The van der Waals surface area contributed by atoms with Crippen molar-refractivity contribution >= 4 is 23.2 Å². The number of methoxy groups -OCH3 is 2. The second-order valence-electron chi connectivity index (χ2n) is 6.47. The van der Waals surface area contributed by atoms with E-state index in [-0.39, 0.29) is 5.56 Å². The quantitative estimate of drug-likeness (QED) is 0.611. The molecule has 8 heteroatoms. The van der Waals surface area contributed by atoms with Gasteiger partial charge < -0.3 is 14.8 Å². The number of anilines is 1. The SMILES string of the molecule is CC[C@@H](C(=O)Nc1cc(Cl)c(OC)cc1OC)n1nc(-c2ccccc2)ccc1=O. The zero-order chi connectivity index (χ0) is 21.7. The molecule has 3 aromatic rings. The highest BCUT2D eigenvalue weighted by atomic mass is 35.5. The van der Waals surface area contributed by atoms with Crippen LogP contribution in [0, 0.1) is 0 Å².